The highest BCUT2D eigenvalue weighted by atomic mass is 19.4. The molecule has 2 atom stereocenters. The summed E-state index contributed by atoms with van der Waals surface area (Å²) in [6.07, 6.45) is -4.35. The van der Waals surface area contributed by atoms with Crippen LogP contribution < -0.4 is 0 Å². The molecular weight excluding hydrogens is 233 g/mol. The zero-order valence-electron chi connectivity index (χ0n) is 9.29. The molecule has 17 heavy (non-hydrogen) atoms. The maximum atomic E-state index is 12.4. The first-order valence-electron chi connectivity index (χ1n) is 5.36. The van der Waals surface area contributed by atoms with E-state index < -0.39 is 23.4 Å². The molecule has 0 aromatic heterocycles. The van der Waals surface area contributed by atoms with Crippen molar-refractivity contribution in [2.24, 2.45) is 0 Å². The molecule has 0 bridgehead atoms. The summed E-state index contributed by atoms with van der Waals surface area (Å²) < 4.78 is 42.4. The van der Waals surface area contributed by atoms with Crippen LogP contribution >= 0.6 is 0 Å². The fraction of sp³-hybridized carbons (Fsp3) is 0.500. The van der Waals surface area contributed by atoms with Gasteiger partial charge in [0.25, 0.3) is 0 Å². The topological polar surface area (TPSA) is 29.5 Å². The Morgan fingerprint density at radius 1 is 1.29 bits per heavy atom. The number of hydrogen-bond acceptors (Lipinski definition) is 2. The molecule has 0 saturated carbocycles. The number of halogens is 3. The third-order valence-corrected chi connectivity index (χ3v) is 3.24. The van der Waals surface area contributed by atoms with Gasteiger partial charge in [-0.2, -0.15) is 13.2 Å². The molecule has 1 fully saturated rings. The average molecular weight is 246 g/mol. The third-order valence-electron chi connectivity index (χ3n) is 3.24. The Morgan fingerprint density at radius 2 is 1.88 bits per heavy atom. The number of rotatable bonds is 1. The first-order chi connectivity index (χ1) is 7.84. The lowest BCUT2D eigenvalue weighted by Crippen LogP contribution is -2.33. The van der Waals surface area contributed by atoms with E-state index in [0.717, 1.165) is 12.1 Å². The van der Waals surface area contributed by atoms with Crippen LogP contribution in [-0.4, -0.2) is 17.8 Å². The fourth-order valence-corrected chi connectivity index (χ4v) is 2.06. The molecule has 1 N–H and O–H groups in total. The van der Waals surface area contributed by atoms with E-state index in [-0.39, 0.29) is 0 Å². The quantitative estimate of drug-likeness (QED) is 0.825. The monoisotopic (exact) mass is 246 g/mol. The molecule has 0 radical (unpaired) electrons. The van der Waals surface area contributed by atoms with Crippen LogP contribution in [0.25, 0.3) is 0 Å². The Labute approximate surface area is 97.0 Å². The van der Waals surface area contributed by atoms with Gasteiger partial charge >= 0.3 is 6.18 Å². The summed E-state index contributed by atoms with van der Waals surface area (Å²) in [5.41, 5.74) is -1.42. The van der Waals surface area contributed by atoms with Gasteiger partial charge < -0.3 is 9.84 Å². The van der Waals surface area contributed by atoms with Gasteiger partial charge in [-0.25, -0.2) is 0 Å². The van der Waals surface area contributed by atoms with Gasteiger partial charge in [0, 0.05) is 6.42 Å². The Kier molecular flexibility index (Phi) is 2.91. The third kappa shape index (κ3) is 2.17. The van der Waals surface area contributed by atoms with E-state index in [2.05, 4.69) is 0 Å². The van der Waals surface area contributed by atoms with Crippen molar-refractivity contribution >= 4 is 0 Å². The predicted molar refractivity (Wildman–Crippen MR) is 55.4 cm³/mol. The van der Waals surface area contributed by atoms with Crippen LogP contribution in [0, 0.1) is 0 Å². The van der Waals surface area contributed by atoms with E-state index in [1.807, 2.05) is 0 Å². The van der Waals surface area contributed by atoms with Gasteiger partial charge in [-0.3, -0.25) is 0 Å². The van der Waals surface area contributed by atoms with Gasteiger partial charge in [0.2, 0.25) is 0 Å². The van der Waals surface area contributed by atoms with Gasteiger partial charge in [-0.1, -0.05) is 12.1 Å². The molecular formula is C12H13F3O2. The summed E-state index contributed by atoms with van der Waals surface area (Å²) in [4.78, 5) is 0. The largest absolute Gasteiger partial charge is 0.416 e. The average Bonchev–Trinajstić information content (AvgIpc) is 2.60. The number of ether oxygens (including phenoxy) is 1. The predicted octanol–water partition coefficient (Wildman–Crippen LogP) is 2.70. The first-order valence-corrected chi connectivity index (χ1v) is 5.36. The molecule has 2 nitrogen and oxygen atoms in total. The summed E-state index contributed by atoms with van der Waals surface area (Å²) in [5, 5.41) is 10.3. The molecule has 0 amide bonds. The standard InChI is InChI=1S/C12H13F3O2/c1-8-11(16,6-7-17-8)9-2-4-10(5-3-9)12(13,14)15/h2-5,8,16H,6-7H2,1H3. The highest BCUT2D eigenvalue weighted by Gasteiger charge is 2.41. The van der Waals surface area contributed by atoms with Crippen LogP contribution in [0.1, 0.15) is 24.5 Å². The lowest BCUT2D eigenvalue weighted by Gasteiger charge is -2.26. The SMILES string of the molecule is CC1OCCC1(O)c1ccc(C(F)(F)F)cc1. The van der Waals surface area contributed by atoms with Crippen LogP contribution in [0.2, 0.25) is 0 Å². The van der Waals surface area contributed by atoms with E-state index in [1.54, 1.807) is 6.92 Å². The van der Waals surface area contributed by atoms with Gasteiger partial charge in [0.1, 0.15) is 5.60 Å². The molecule has 1 aromatic rings. The molecule has 1 heterocycles. The van der Waals surface area contributed by atoms with Crippen molar-refractivity contribution in [2.75, 3.05) is 6.61 Å². The normalized spacial score (nSPS) is 29.6. The minimum absolute atomic E-state index is 0.402. The zero-order chi connectivity index (χ0) is 12.7. The summed E-state index contributed by atoms with van der Waals surface area (Å²) in [7, 11) is 0. The Hall–Kier alpha value is -1.07. The summed E-state index contributed by atoms with van der Waals surface area (Å²) in [5.74, 6) is 0. The minimum Gasteiger partial charge on any atom is -0.382 e. The van der Waals surface area contributed by atoms with Crippen molar-refractivity contribution in [1.82, 2.24) is 0 Å². The molecule has 0 aliphatic carbocycles. The van der Waals surface area contributed by atoms with E-state index in [4.69, 9.17) is 4.74 Å². The van der Waals surface area contributed by atoms with E-state index in [9.17, 15) is 18.3 Å². The van der Waals surface area contributed by atoms with Gasteiger partial charge in [0.05, 0.1) is 18.3 Å². The summed E-state index contributed by atoms with van der Waals surface area (Å²) in [6, 6.07) is 4.60. The lowest BCUT2D eigenvalue weighted by molar-refractivity contribution is -0.137. The fourth-order valence-electron chi connectivity index (χ4n) is 2.06. The molecule has 94 valence electrons. The van der Waals surface area contributed by atoms with E-state index in [0.29, 0.717) is 18.6 Å². The van der Waals surface area contributed by atoms with Crippen molar-refractivity contribution in [3.05, 3.63) is 35.4 Å². The van der Waals surface area contributed by atoms with Crippen molar-refractivity contribution in [2.45, 2.75) is 31.2 Å². The first kappa shape index (κ1) is 12.4. The van der Waals surface area contributed by atoms with Gasteiger partial charge in [-0.05, 0) is 24.6 Å². The molecule has 2 unspecified atom stereocenters. The lowest BCUT2D eigenvalue weighted by atomic mass is 9.87. The highest BCUT2D eigenvalue weighted by molar-refractivity contribution is 5.30. The maximum absolute atomic E-state index is 12.4. The second kappa shape index (κ2) is 3.99. The van der Waals surface area contributed by atoms with E-state index >= 15 is 0 Å². The Balaban J connectivity index is 2.30. The summed E-state index contributed by atoms with van der Waals surface area (Å²) >= 11 is 0. The highest BCUT2D eigenvalue weighted by Crippen LogP contribution is 2.37. The molecule has 1 aliphatic heterocycles. The van der Waals surface area contributed by atoms with Crippen LogP contribution in [-0.2, 0) is 16.5 Å². The van der Waals surface area contributed by atoms with Crippen LogP contribution in [0.4, 0.5) is 13.2 Å². The van der Waals surface area contributed by atoms with E-state index in [1.165, 1.54) is 12.1 Å². The zero-order valence-corrected chi connectivity index (χ0v) is 9.29. The number of aliphatic hydroxyl groups is 1. The van der Waals surface area contributed by atoms with Crippen LogP contribution in [0.15, 0.2) is 24.3 Å². The number of alkyl halides is 3. The molecule has 5 heteroatoms. The molecule has 2 rings (SSSR count). The van der Waals surface area contributed by atoms with Crippen LogP contribution in [0.3, 0.4) is 0 Å². The van der Waals surface area contributed by atoms with Crippen molar-refractivity contribution in [3.63, 3.8) is 0 Å². The molecule has 1 saturated heterocycles. The second-order valence-corrected chi connectivity index (χ2v) is 4.26. The number of benzene rings is 1. The van der Waals surface area contributed by atoms with Gasteiger partial charge in [-0.15, -0.1) is 0 Å². The Morgan fingerprint density at radius 3 is 2.29 bits per heavy atom. The van der Waals surface area contributed by atoms with Crippen LogP contribution in [0.5, 0.6) is 0 Å². The van der Waals surface area contributed by atoms with Crippen molar-refractivity contribution in [1.29, 1.82) is 0 Å². The molecule has 0 spiro atoms. The number of hydrogen-bond donors (Lipinski definition) is 1. The smallest absolute Gasteiger partial charge is 0.382 e. The van der Waals surface area contributed by atoms with Gasteiger partial charge in [0.15, 0.2) is 0 Å². The second-order valence-electron chi connectivity index (χ2n) is 4.26. The summed E-state index contributed by atoms with van der Waals surface area (Å²) in [6.45, 7) is 2.13. The molecule has 1 aromatic carbocycles. The Bertz CT molecular complexity index is 399. The van der Waals surface area contributed by atoms with Crippen molar-refractivity contribution in [3.8, 4) is 0 Å². The van der Waals surface area contributed by atoms with Crippen molar-refractivity contribution < 1.29 is 23.0 Å². The maximum Gasteiger partial charge on any atom is 0.416 e. The minimum atomic E-state index is -4.35. The molecule has 1 aliphatic rings.